The molecule has 1 aromatic carbocycles. The van der Waals surface area contributed by atoms with Crippen LogP contribution in [0.1, 0.15) is 42.1 Å². The van der Waals surface area contributed by atoms with Crippen molar-refractivity contribution < 1.29 is 0 Å². The Morgan fingerprint density at radius 2 is 2.15 bits per heavy atom. The lowest BCUT2D eigenvalue weighted by Crippen LogP contribution is -2.29. The van der Waals surface area contributed by atoms with E-state index in [4.69, 9.17) is 11.6 Å². The minimum Gasteiger partial charge on any atom is -0.287 e. The highest BCUT2D eigenvalue weighted by Gasteiger charge is 2.33. The van der Waals surface area contributed by atoms with Gasteiger partial charge >= 0.3 is 0 Å². The largest absolute Gasteiger partial charge is 0.287 e. The zero-order chi connectivity index (χ0) is 14.1. The Morgan fingerprint density at radius 1 is 1.40 bits per heavy atom. The molecule has 4 heteroatoms. The van der Waals surface area contributed by atoms with E-state index in [1.807, 2.05) is 12.1 Å². The molecule has 0 amide bonds. The summed E-state index contributed by atoms with van der Waals surface area (Å²) >= 11 is 8.11. The van der Waals surface area contributed by atoms with Gasteiger partial charge in [-0.3, -0.25) is 4.90 Å². The van der Waals surface area contributed by atoms with Crippen molar-refractivity contribution in [3.8, 4) is 0 Å². The summed E-state index contributed by atoms with van der Waals surface area (Å²) in [5.74, 6) is 0. The molecule has 1 aromatic heterocycles. The number of aromatic nitrogens is 1. The van der Waals surface area contributed by atoms with Gasteiger partial charge in [0.15, 0.2) is 0 Å². The van der Waals surface area contributed by atoms with Gasteiger partial charge in [-0.25, -0.2) is 4.98 Å². The predicted octanol–water partition coefficient (Wildman–Crippen LogP) is 4.83. The highest BCUT2D eigenvalue weighted by molar-refractivity contribution is 7.09. The van der Waals surface area contributed by atoms with E-state index >= 15 is 0 Å². The summed E-state index contributed by atoms with van der Waals surface area (Å²) in [5.41, 5.74) is 2.33. The van der Waals surface area contributed by atoms with E-state index < -0.39 is 0 Å². The fourth-order valence-electron chi connectivity index (χ4n) is 2.61. The highest BCUT2D eigenvalue weighted by atomic mass is 35.5. The first kappa shape index (κ1) is 14.1. The fourth-order valence-corrected chi connectivity index (χ4v) is 3.69. The lowest BCUT2D eigenvalue weighted by atomic mass is 10.1. The van der Waals surface area contributed by atoms with E-state index in [0.29, 0.717) is 12.1 Å². The van der Waals surface area contributed by atoms with Gasteiger partial charge in [0.25, 0.3) is 0 Å². The first-order valence-corrected chi connectivity index (χ1v) is 8.32. The molecule has 2 aromatic rings. The van der Waals surface area contributed by atoms with Crippen molar-refractivity contribution in [1.82, 2.24) is 9.88 Å². The van der Waals surface area contributed by atoms with Gasteiger partial charge in [0, 0.05) is 28.2 Å². The Kier molecular flexibility index (Phi) is 4.11. The molecular weight excluding hydrogens is 288 g/mol. The molecule has 1 fully saturated rings. The van der Waals surface area contributed by atoms with Gasteiger partial charge in [0.2, 0.25) is 0 Å². The zero-order valence-corrected chi connectivity index (χ0v) is 13.4. The topological polar surface area (TPSA) is 16.1 Å². The predicted molar refractivity (Wildman–Crippen MR) is 85.3 cm³/mol. The lowest BCUT2D eigenvalue weighted by Gasteiger charge is -2.29. The van der Waals surface area contributed by atoms with E-state index in [-0.39, 0.29) is 0 Å². The summed E-state index contributed by atoms with van der Waals surface area (Å²) < 4.78 is 0. The highest BCUT2D eigenvalue weighted by Crippen LogP contribution is 2.37. The Labute approximate surface area is 129 Å². The maximum Gasteiger partial charge on any atom is 0.107 e. The van der Waals surface area contributed by atoms with Crippen LogP contribution in [0, 0.1) is 6.92 Å². The molecule has 1 heterocycles. The SMILES string of the molecule is Cc1csc(CN(C2CC2)[C@@H](C)c2ccccc2Cl)n1. The normalized spacial score (nSPS) is 16.6. The third-order valence-electron chi connectivity index (χ3n) is 3.85. The molecule has 106 valence electrons. The standard InChI is InChI=1S/C16H19ClN2S/c1-11-10-20-16(18-11)9-19(13-7-8-13)12(2)14-5-3-4-6-15(14)17/h3-6,10,12-13H,7-9H2,1-2H3/t12-/m0/s1. The van der Waals surface area contributed by atoms with Crippen LogP contribution in [0.25, 0.3) is 0 Å². The smallest absolute Gasteiger partial charge is 0.107 e. The number of aryl methyl sites for hydroxylation is 1. The average molecular weight is 307 g/mol. The van der Waals surface area contributed by atoms with Gasteiger partial charge < -0.3 is 0 Å². The Bertz CT molecular complexity index is 592. The molecule has 20 heavy (non-hydrogen) atoms. The summed E-state index contributed by atoms with van der Waals surface area (Å²) in [5, 5.41) is 4.19. The molecule has 3 rings (SSSR count). The van der Waals surface area contributed by atoms with Crippen LogP contribution in [-0.2, 0) is 6.54 Å². The molecule has 1 aliphatic carbocycles. The molecule has 0 bridgehead atoms. The van der Waals surface area contributed by atoms with Crippen LogP contribution in [0.3, 0.4) is 0 Å². The van der Waals surface area contributed by atoms with Crippen molar-refractivity contribution in [2.24, 2.45) is 0 Å². The molecule has 1 saturated carbocycles. The van der Waals surface area contributed by atoms with Gasteiger partial charge in [0.05, 0.1) is 6.54 Å². The number of hydrogen-bond donors (Lipinski definition) is 0. The van der Waals surface area contributed by atoms with Crippen LogP contribution in [0.5, 0.6) is 0 Å². The number of nitrogens with zero attached hydrogens (tertiary/aromatic N) is 2. The minimum absolute atomic E-state index is 0.334. The van der Waals surface area contributed by atoms with Crippen molar-refractivity contribution >= 4 is 22.9 Å². The van der Waals surface area contributed by atoms with Gasteiger partial charge in [-0.1, -0.05) is 29.8 Å². The summed E-state index contributed by atoms with van der Waals surface area (Å²) in [6.07, 6.45) is 2.58. The Morgan fingerprint density at radius 3 is 2.75 bits per heavy atom. The minimum atomic E-state index is 0.334. The van der Waals surface area contributed by atoms with Gasteiger partial charge in [-0.2, -0.15) is 0 Å². The van der Waals surface area contributed by atoms with Crippen LogP contribution < -0.4 is 0 Å². The van der Waals surface area contributed by atoms with Crippen molar-refractivity contribution in [1.29, 1.82) is 0 Å². The van der Waals surface area contributed by atoms with Crippen LogP contribution >= 0.6 is 22.9 Å². The Hall–Kier alpha value is -0.900. The number of hydrogen-bond acceptors (Lipinski definition) is 3. The monoisotopic (exact) mass is 306 g/mol. The summed E-state index contributed by atoms with van der Waals surface area (Å²) in [7, 11) is 0. The van der Waals surface area contributed by atoms with Crippen molar-refractivity contribution in [3.63, 3.8) is 0 Å². The molecule has 1 aliphatic rings. The summed E-state index contributed by atoms with van der Waals surface area (Å²) in [6, 6.07) is 9.19. The number of rotatable bonds is 5. The van der Waals surface area contributed by atoms with E-state index in [0.717, 1.165) is 17.3 Å². The van der Waals surface area contributed by atoms with Crippen LogP contribution in [0.15, 0.2) is 29.6 Å². The first-order chi connectivity index (χ1) is 9.65. The molecule has 2 nitrogen and oxygen atoms in total. The molecular formula is C16H19ClN2S. The molecule has 0 saturated heterocycles. The van der Waals surface area contributed by atoms with Gasteiger partial charge in [0.1, 0.15) is 5.01 Å². The average Bonchev–Trinajstić information content (AvgIpc) is 3.19. The van der Waals surface area contributed by atoms with Crippen molar-refractivity contribution in [2.45, 2.75) is 45.3 Å². The molecule has 0 spiro atoms. The Balaban J connectivity index is 1.81. The number of benzene rings is 1. The van der Waals surface area contributed by atoms with Crippen molar-refractivity contribution in [3.05, 3.63) is 50.9 Å². The molecule has 1 atom stereocenters. The van der Waals surface area contributed by atoms with E-state index in [1.165, 1.54) is 23.4 Å². The third kappa shape index (κ3) is 3.05. The number of thiazole rings is 1. The second-order valence-corrected chi connectivity index (χ2v) is 6.83. The molecule has 0 radical (unpaired) electrons. The zero-order valence-electron chi connectivity index (χ0n) is 11.8. The van der Waals surface area contributed by atoms with E-state index in [1.54, 1.807) is 11.3 Å². The quantitative estimate of drug-likeness (QED) is 0.786. The van der Waals surface area contributed by atoms with Gasteiger partial charge in [-0.15, -0.1) is 11.3 Å². The van der Waals surface area contributed by atoms with Crippen LogP contribution in [0.4, 0.5) is 0 Å². The van der Waals surface area contributed by atoms with E-state index in [2.05, 4.69) is 41.2 Å². The molecule has 0 unspecified atom stereocenters. The molecule has 0 aliphatic heterocycles. The maximum atomic E-state index is 6.36. The first-order valence-electron chi connectivity index (χ1n) is 7.06. The van der Waals surface area contributed by atoms with E-state index in [9.17, 15) is 0 Å². The molecule has 0 N–H and O–H groups in total. The summed E-state index contributed by atoms with van der Waals surface area (Å²) in [4.78, 5) is 7.14. The van der Waals surface area contributed by atoms with Gasteiger partial charge in [-0.05, 0) is 38.3 Å². The maximum absolute atomic E-state index is 6.36. The summed E-state index contributed by atoms with van der Waals surface area (Å²) in [6.45, 7) is 5.23. The third-order valence-corrected chi connectivity index (χ3v) is 5.15. The van der Waals surface area contributed by atoms with Crippen LogP contribution in [-0.4, -0.2) is 15.9 Å². The van der Waals surface area contributed by atoms with Crippen molar-refractivity contribution in [2.75, 3.05) is 0 Å². The van der Waals surface area contributed by atoms with Crippen LogP contribution in [0.2, 0.25) is 5.02 Å². The lowest BCUT2D eigenvalue weighted by molar-refractivity contribution is 0.190. The number of halogens is 1. The fraction of sp³-hybridized carbons (Fsp3) is 0.438. The second-order valence-electron chi connectivity index (χ2n) is 5.48. The second kappa shape index (κ2) is 5.84.